The SMILES string of the molecule is Cc1nc(CF)c(C)o1. The molecule has 0 aliphatic carbocycles. The van der Waals surface area contributed by atoms with Gasteiger partial charge in [-0.2, -0.15) is 0 Å². The molecule has 0 aromatic carbocycles. The molecule has 0 unspecified atom stereocenters. The van der Waals surface area contributed by atoms with E-state index in [9.17, 15) is 4.39 Å². The zero-order valence-corrected chi connectivity index (χ0v) is 5.44. The summed E-state index contributed by atoms with van der Waals surface area (Å²) in [5.41, 5.74) is 0.410. The second-order valence-corrected chi connectivity index (χ2v) is 1.87. The lowest BCUT2D eigenvalue weighted by molar-refractivity contribution is 0.461. The topological polar surface area (TPSA) is 26.0 Å². The maximum Gasteiger partial charge on any atom is 0.191 e. The molecule has 0 saturated carbocycles. The fraction of sp³-hybridized carbons (Fsp3) is 0.500. The van der Waals surface area contributed by atoms with Crippen LogP contribution in [0.3, 0.4) is 0 Å². The van der Waals surface area contributed by atoms with E-state index in [2.05, 4.69) is 4.98 Å². The van der Waals surface area contributed by atoms with Gasteiger partial charge in [0.05, 0.1) is 0 Å². The Balaban J connectivity index is 3.01. The second-order valence-electron chi connectivity index (χ2n) is 1.87. The monoisotopic (exact) mass is 129 g/mol. The lowest BCUT2D eigenvalue weighted by Crippen LogP contribution is -1.79. The largest absolute Gasteiger partial charge is 0.446 e. The third kappa shape index (κ3) is 1.09. The van der Waals surface area contributed by atoms with Gasteiger partial charge in [0.1, 0.15) is 18.1 Å². The fourth-order valence-corrected chi connectivity index (χ4v) is 0.696. The molecule has 0 aliphatic heterocycles. The predicted molar refractivity (Wildman–Crippen MR) is 30.8 cm³/mol. The van der Waals surface area contributed by atoms with Crippen molar-refractivity contribution in [3.8, 4) is 0 Å². The Morgan fingerprint density at radius 1 is 1.56 bits per heavy atom. The van der Waals surface area contributed by atoms with Crippen LogP contribution in [0, 0.1) is 13.8 Å². The van der Waals surface area contributed by atoms with Crippen molar-refractivity contribution in [1.82, 2.24) is 4.98 Å². The van der Waals surface area contributed by atoms with Gasteiger partial charge in [-0.25, -0.2) is 9.37 Å². The van der Waals surface area contributed by atoms with Crippen molar-refractivity contribution >= 4 is 0 Å². The molecular formula is C6H8FNO. The molecule has 0 radical (unpaired) electrons. The summed E-state index contributed by atoms with van der Waals surface area (Å²) < 4.78 is 16.8. The summed E-state index contributed by atoms with van der Waals surface area (Å²) in [4.78, 5) is 3.79. The van der Waals surface area contributed by atoms with Crippen LogP contribution in [0.15, 0.2) is 4.42 Å². The Kier molecular flexibility index (Phi) is 1.51. The third-order valence-corrected chi connectivity index (χ3v) is 1.13. The molecular weight excluding hydrogens is 121 g/mol. The van der Waals surface area contributed by atoms with Crippen LogP contribution >= 0.6 is 0 Å². The molecule has 3 heteroatoms. The zero-order valence-electron chi connectivity index (χ0n) is 5.44. The number of hydrogen-bond donors (Lipinski definition) is 0. The molecule has 0 amide bonds. The standard InChI is InChI=1S/C6H8FNO/c1-4-6(3-7)8-5(2)9-4/h3H2,1-2H3. The first-order chi connectivity index (χ1) is 4.24. The third-order valence-electron chi connectivity index (χ3n) is 1.13. The summed E-state index contributed by atoms with van der Waals surface area (Å²) in [5, 5.41) is 0. The van der Waals surface area contributed by atoms with Gasteiger partial charge in [-0.05, 0) is 6.92 Å². The highest BCUT2D eigenvalue weighted by atomic mass is 19.1. The van der Waals surface area contributed by atoms with E-state index in [1.165, 1.54) is 0 Å². The van der Waals surface area contributed by atoms with E-state index in [0.29, 0.717) is 17.3 Å². The fourth-order valence-electron chi connectivity index (χ4n) is 0.696. The number of oxazole rings is 1. The molecule has 0 spiro atoms. The molecule has 9 heavy (non-hydrogen) atoms. The Morgan fingerprint density at radius 3 is 2.44 bits per heavy atom. The molecule has 0 saturated heterocycles. The maximum atomic E-state index is 11.9. The summed E-state index contributed by atoms with van der Waals surface area (Å²) in [7, 11) is 0. The van der Waals surface area contributed by atoms with E-state index in [0.717, 1.165) is 0 Å². The molecule has 1 aromatic heterocycles. The quantitative estimate of drug-likeness (QED) is 0.577. The van der Waals surface area contributed by atoms with Gasteiger partial charge in [0.15, 0.2) is 5.89 Å². The molecule has 1 aromatic rings. The summed E-state index contributed by atoms with van der Waals surface area (Å²) in [6.07, 6.45) is 0. The van der Waals surface area contributed by atoms with Gasteiger partial charge < -0.3 is 4.42 Å². The Morgan fingerprint density at radius 2 is 2.22 bits per heavy atom. The van der Waals surface area contributed by atoms with E-state index in [1.54, 1.807) is 13.8 Å². The van der Waals surface area contributed by atoms with E-state index in [-0.39, 0.29) is 0 Å². The van der Waals surface area contributed by atoms with Crippen LogP contribution in [0.2, 0.25) is 0 Å². The summed E-state index contributed by atoms with van der Waals surface area (Å²) in [6.45, 7) is 2.87. The molecule has 0 bridgehead atoms. The van der Waals surface area contributed by atoms with Crippen molar-refractivity contribution in [2.75, 3.05) is 0 Å². The molecule has 50 valence electrons. The van der Waals surface area contributed by atoms with Crippen LogP contribution in [-0.4, -0.2) is 4.98 Å². The molecule has 1 heterocycles. The highest BCUT2D eigenvalue weighted by Crippen LogP contribution is 2.08. The van der Waals surface area contributed by atoms with E-state index in [4.69, 9.17) is 4.42 Å². The van der Waals surface area contributed by atoms with Crippen molar-refractivity contribution in [2.24, 2.45) is 0 Å². The number of alkyl halides is 1. The second kappa shape index (κ2) is 2.17. The normalized spacial score (nSPS) is 10.1. The lowest BCUT2D eigenvalue weighted by Gasteiger charge is -1.81. The van der Waals surface area contributed by atoms with Gasteiger partial charge in [0, 0.05) is 6.92 Å². The average Bonchev–Trinajstić information content (AvgIpc) is 2.10. The Bertz CT molecular complexity index is 207. The van der Waals surface area contributed by atoms with Crippen LogP contribution in [0.4, 0.5) is 4.39 Å². The number of halogens is 1. The first kappa shape index (κ1) is 6.26. The highest BCUT2D eigenvalue weighted by Gasteiger charge is 2.03. The van der Waals surface area contributed by atoms with E-state index in [1.807, 2.05) is 0 Å². The van der Waals surface area contributed by atoms with Crippen LogP contribution in [-0.2, 0) is 6.67 Å². The Labute approximate surface area is 52.7 Å². The minimum atomic E-state index is -0.539. The first-order valence-electron chi connectivity index (χ1n) is 2.73. The van der Waals surface area contributed by atoms with E-state index >= 15 is 0 Å². The molecule has 0 fully saturated rings. The molecule has 1 rings (SSSR count). The van der Waals surface area contributed by atoms with E-state index < -0.39 is 6.67 Å². The number of nitrogens with zero attached hydrogens (tertiary/aromatic N) is 1. The van der Waals surface area contributed by atoms with Crippen LogP contribution in [0.1, 0.15) is 17.3 Å². The smallest absolute Gasteiger partial charge is 0.191 e. The van der Waals surface area contributed by atoms with Gasteiger partial charge >= 0.3 is 0 Å². The summed E-state index contributed by atoms with van der Waals surface area (Å²) >= 11 is 0. The molecule has 0 aliphatic rings. The Hall–Kier alpha value is -0.860. The van der Waals surface area contributed by atoms with Crippen molar-refractivity contribution in [3.05, 3.63) is 17.3 Å². The first-order valence-corrected chi connectivity index (χ1v) is 2.73. The number of rotatable bonds is 1. The molecule has 2 nitrogen and oxygen atoms in total. The predicted octanol–water partition coefficient (Wildman–Crippen LogP) is 1.76. The van der Waals surface area contributed by atoms with Crippen molar-refractivity contribution in [1.29, 1.82) is 0 Å². The zero-order chi connectivity index (χ0) is 6.85. The number of aromatic nitrogens is 1. The lowest BCUT2D eigenvalue weighted by atomic mass is 10.4. The van der Waals surface area contributed by atoms with Crippen molar-refractivity contribution in [3.63, 3.8) is 0 Å². The van der Waals surface area contributed by atoms with Gasteiger partial charge in [-0.1, -0.05) is 0 Å². The van der Waals surface area contributed by atoms with Crippen LogP contribution < -0.4 is 0 Å². The van der Waals surface area contributed by atoms with Gasteiger partial charge in [-0.15, -0.1) is 0 Å². The van der Waals surface area contributed by atoms with Crippen molar-refractivity contribution in [2.45, 2.75) is 20.5 Å². The van der Waals surface area contributed by atoms with Gasteiger partial charge in [0.2, 0.25) is 0 Å². The van der Waals surface area contributed by atoms with Gasteiger partial charge in [0.25, 0.3) is 0 Å². The molecule has 0 N–H and O–H groups in total. The van der Waals surface area contributed by atoms with Crippen LogP contribution in [0.25, 0.3) is 0 Å². The average molecular weight is 129 g/mol. The number of hydrogen-bond acceptors (Lipinski definition) is 2. The van der Waals surface area contributed by atoms with Gasteiger partial charge in [-0.3, -0.25) is 0 Å². The maximum absolute atomic E-state index is 11.9. The summed E-state index contributed by atoms with van der Waals surface area (Å²) in [6, 6.07) is 0. The van der Waals surface area contributed by atoms with Crippen molar-refractivity contribution < 1.29 is 8.81 Å². The minimum absolute atomic E-state index is 0.410. The summed E-state index contributed by atoms with van der Waals surface area (Å²) in [5.74, 6) is 1.11. The minimum Gasteiger partial charge on any atom is -0.446 e. The highest BCUT2D eigenvalue weighted by molar-refractivity contribution is 5.05. The molecule has 0 atom stereocenters. The number of aryl methyl sites for hydroxylation is 2. The van der Waals surface area contributed by atoms with Crippen LogP contribution in [0.5, 0.6) is 0 Å².